The molecule has 2 aliphatic heterocycles. The number of fused-ring (bicyclic) bond motifs is 1. The Balaban J connectivity index is 1.66. The van der Waals surface area contributed by atoms with Gasteiger partial charge in [0.05, 0.1) is 12.0 Å². The highest BCUT2D eigenvalue weighted by atomic mass is 32.3. The molecule has 1 fully saturated rings. The first-order valence-electron chi connectivity index (χ1n) is 8.16. The molecule has 2 unspecified atom stereocenters. The van der Waals surface area contributed by atoms with Crippen molar-refractivity contribution in [3.05, 3.63) is 41.3 Å². The van der Waals surface area contributed by atoms with Crippen molar-refractivity contribution in [1.29, 1.82) is 0 Å². The average molecular weight is 361 g/mol. The van der Waals surface area contributed by atoms with Gasteiger partial charge < -0.3 is 14.4 Å². The van der Waals surface area contributed by atoms with Crippen molar-refractivity contribution in [2.45, 2.75) is 31.6 Å². The quantitative estimate of drug-likeness (QED) is 0.826. The lowest BCUT2D eigenvalue weighted by molar-refractivity contribution is -0.125. The number of carbonyl (C=O) groups is 1. The predicted octanol–water partition coefficient (Wildman–Crippen LogP) is 2.08. The van der Waals surface area contributed by atoms with Crippen LogP contribution in [0, 0.1) is 19.3 Å². The number of para-hydroxylation sites is 1. The number of amides is 1. The number of hydrogen-bond acceptors (Lipinski definition) is 5. The fourth-order valence-electron chi connectivity index (χ4n) is 3.84. The standard InChI is InChI=1S/C17H19N3O4S/c1-11-15(12(2)24-19-11)25(22,23)20-8-7-17(10-20)9-13-5-3-4-6-14(13)18-16(17)21/h3-6H,7-10H2,1-2H3,(H-,18,21,22,23). The van der Waals surface area contributed by atoms with E-state index in [1.54, 1.807) is 13.8 Å². The fraction of sp³-hybridized carbons (Fsp3) is 0.412. The van der Waals surface area contributed by atoms with Gasteiger partial charge in [-0.05, 0) is 31.4 Å². The number of aryl methyl sites for hydroxylation is 2. The Morgan fingerprint density at radius 1 is 1.36 bits per heavy atom. The highest BCUT2D eigenvalue weighted by Gasteiger charge is 2.53. The normalized spacial score (nSPS) is 25.6. The molecule has 7 nitrogen and oxygen atoms in total. The lowest BCUT2D eigenvalue weighted by atomic mass is 9.77. The molecule has 0 aliphatic carbocycles. The van der Waals surface area contributed by atoms with E-state index in [9.17, 15) is 13.6 Å². The van der Waals surface area contributed by atoms with E-state index in [0.29, 0.717) is 25.1 Å². The number of carbonyl (C=O) groups excluding carboxylic acids is 1. The molecule has 1 saturated heterocycles. The summed E-state index contributed by atoms with van der Waals surface area (Å²) < 4.78 is 32.4. The second-order valence-electron chi connectivity index (χ2n) is 6.81. The molecule has 4 rings (SSSR count). The van der Waals surface area contributed by atoms with Crippen LogP contribution < -0.4 is 5.32 Å². The van der Waals surface area contributed by atoms with Gasteiger partial charge in [0.15, 0.2) is 16.2 Å². The molecule has 0 radical (unpaired) electrons. The number of hydrogen-bond donors (Lipinski definition) is 1. The van der Waals surface area contributed by atoms with Crippen molar-refractivity contribution in [3.63, 3.8) is 0 Å². The Labute approximate surface area is 146 Å². The zero-order valence-electron chi connectivity index (χ0n) is 14.1. The van der Waals surface area contributed by atoms with E-state index in [1.165, 1.54) is 4.31 Å². The molecule has 1 spiro atoms. The van der Waals surface area contributed by atoms with Crippen LogP contribution in [0.4, 0.5) is 5.69 Å². The van der Waals surface area contributed by atoms with Crippen LogP contribution in [-0.2, 0) is 25.8 Å². The summed E-state index contributed by atoms with van der Waals surface area (Å²) in [6.45, 7) is 3.67. The second-order valence-corrected chi connectivity index (χ2v) is 8.69. The first kappa shape index (κ1) is 16.4. The molecule has 1 N–H and O–H groups in total. The minimum Gasteiger partial charge on any atom is -0.593 e. The third kappa shape index (κ3) is 2.44. The topological polar surface area (TPSA) is 98.5 Å². The van der Waals surface area contributed by atoms with Crippen molar-refractivity contribution in [2.75, 3.05) is 18.4 Å². The summed E-state index contributed by atoms with van der Waals surface area (Å²) in [5.41, 5.74) is 1.47. The zero-order valence-corrected chi connectivity index (χ0v) is 14.9. The van der Waals surface area contributed by atoms with Crippen LogP contribution in [0.2, 0.25) is 0 Å². The molecule has 0 bridgehead atoms. The lowest BCUT2D eigenvalue weighted by Crippen LogP contribution is -2.45. The van der Waals surface area contributed by atoms with Crippen LogP contribution in [0.15, 0.2) is 33.7 Å². The summed E-state index contributed by atoms with van der Waals surface area (Å²) in [6.07, 6.45) is 1.04. The smallest absolute Gasteiger partial charge is 0.240 e. The summed E-state index contributed by atoms with van der Waals surface area (Å²) in [5, 5.41) is 6.67. The van der Waals surface area contributed by atoms with Gasteiger partial charge in [0.2, 0.25) is 10.8 Å². The molecular weight excluding hydrogens is 342 g/mol. The number of nitrogens with zero attached hydrogens (tertiary/aromatic N) is 2. The number of aromatic nitrogens is 1. The fourth-order valence-corrected chi connectivity index (χ4v) is 5.66. The van der Waals surface area contributed by atoms with Gasteiger partial charge in [-0.25, -0.2) is 0 Å². The van der Waals surface area contributed by atoms with Crippen LogP contribution in [0.25, 0.3) is 0 Å². The van der Waals surface area contributed by atoms with Crippen molar-refractivity contribution >= 4 is 22.0 Å². The number of rotatable bonds is 2. The zero-order chi connectivity index (χ0) is 17.8. The average Bonchev–Trinajstić information content (AvgIpc) is 3.14. The maximum absolute atomic E-state index is 13.0. The molecule has 132 valence electrons. The third-order valence-electron chi connectivity index (χ3n) is 5.16. The second kappa shape index (κ2) is 5.48. The van der Waals surface area contributed by atoms with E-state index in [4.69, 9.17) is 4.52 Å². The Morgan fingerprint density at radius 3 is 2.84 bits per heavy atom. The van der Waals surface area contributed by atoms with Crippen molar-refractivity contribution in [1.82, 2.24) is 9.46 Å². The molecule has 2 aliphatic rings. The lowest BCUT2D eigenvalue weighted by Gasteiger charge is -2.33. The highest BCUT2D eigenvalue weighted by Crippen LogP contribution is 2.43. The summed E-state index contributed by atoms with van der Waals surface area (Å²) >= 11 is 0. The molecule has 8 heteroatoms. The monoisotopic (exact) mass is 361 g/mol. The van der Waals surface area contributed by atoms with E-state index < -0.39 is 15.8 Å². The molecular formula is C17H19N3O4S. The van der Waals surface area contributed by atoms with Gasteiger partial charge >= 0.3 is 0 Å². The molecule has 0 saturated carbocycles. The Kier molecular flexibility index (Phi) is 3.61. The van der Waals surface area contributed by atoms with Gasteiger partial charge in [-0.1, -0.05) is 27.6 Å². The molecule has 2 atom stereocenters. The van der Waals surface area contributed by atoms with E-state index in [2.05, 4.69) is 10.5 Å². The Bertz CT molecular complexity index is 890. The van der Waals surface area contributed by atoms with Gasteiger partial charge in [-0.2, -0.15) is 0 Å². The summed E-state index contributed by atoms with van der Waals surface area (Å²) in [6, 6.07) is 7.65. The van der Waals surface area contributed by atoms with Crippen molar-refractivity contribution < 1.29 is 18.1 Å². The molecule has 2 aromatic rings. The van der Waals surface area contributed by atoms with Crippen LogP contribution in [0.5, 0.6) is 0 Å². The van der Waals surface area contributed by atoms with Crippen LogP contribution in [0.3, 0.4) is 0 Å². The molecule has 1 aromatic carbocycles. The molecule has 1 aromatic heterocycles. The minimum absolute atomic E-state index is 0.109. The summed E-state index contributed by atoms with van der Waals surface area (Å²) in [4.78, 5) is 12.8. The van der Waals surface area contributed by atoms with E-state index in [-0.39, 0.29) is 23.1 Å². The summed E-state index contributed by atoms with van der Waals surface area (Å²) in [7, 11) is -3.74. The minimum atomic E-state index is -3.74. The van der Waals surface area contributed by atoms with E-state index in [0.717, 1.165) is 11.3 Å². The van der Waals surface area contributed by atoms with E-state index >= 15 is 0 Å². The van der Waals surface area contributed by atoms with Crippen LogP contribution >= 0.6 is 0 Å². The number of nitrogens with one attached hydrogen (secondary N) is 1. The van der Waals surface area contributed by atoms with Gasteiger partial charge in [0, 0.05) is 19.2 Å². The maximum atomic E-state index is 13.0. The maximum Gasteiger partial charge on any atom is 0.240 e. The Morgan fingerprint density at radius 2 is 2.12 bits per heavy atom. The third-order valence-corrected chi connectivity index (χ3v) is 7.25. The van der Waals surface area contributed by atoms with Gasteiger partial charge in [0.25, 0.3) is 0 Å². The number of sulfonamides is 1. The number of benzene rings is 1. The van der Waals surface area contributed by atoms with Gasteiger partial charge in [-0.15, -0.1) is 4.31 Å². The largest absolute Gasteiger partial charge is 0.593 e. The molecule has 1 amide bonds. The van der Waals surface area contributed by atoms with Crippen molar-refractivity contribution in [3.8, 4) is 0 Å². The first-order valence-corrected chi connectivity index (χ1v) is 9.60. The van der Waals surface area contributed by atoms with E-state index in [1.807, 2.05) is 24.3 Å². The van der Waals surface area contributed by atoms with Gasteiger partial charge in [0.1, 0.15) is 5.69 Å². The van der Waals surface area contributed by atoms with Gasteiger partial charge in [-0.3, -0.25) is 4.79 Å². The Hall–Kier alpha value is -2.03. The van der Waals surface area contributed by atoms with Crippen molar-refractivity contribution in [2.24, 2.45) is 5.41 Å². The summed E-state index contributed by atoms with van der Waals surface area (Å²) in [5.74, 6) is 0.166. The van der Waals surface area contributed by atoms with Crippen LogP contribution in [0.1, 0.15) is 23.4 Å². The first-order chi connectivity index (χ1) is 11.8. The SMILES string of the molecule is Cc1noc(C)c1[S+](=O)([O-])N1CCC2(Cc3ccccc3NC2=O)C1. The number of anilines is 1. The predicted molar refractivity (Wildman–Crippen MR) is 90.5 cm³/mol. The van der Waals surface area contributed by atoms with Crippen LogP contribution in [-0.4, -0.2) is 33.0 Å². The molecule has 25 heavy (non-hydrogen) atoms. The highest BCUT2D eigenvalue weighted by molar-refractivity contribution is 7.95. The molecule has 3 heterocycles.